The lowest BCUT2D eigenvalue weighted by atomic mass is 10.1. The number of halogens is 2. The van der Waals surface area contributed by atoms with Crippen LogP contribution in [0.3, 0.4) is 0 Å². The standard InChI is InChI=1S/C20H19F2N3O4/c21-14-8-13(9-15(22)10-14)12-24-6-7-25(17(19(24)28)11-18(26)27)20(29)23-16-4-2-1-3-5-16/h1-5,8-10,17H,6-7,11-12H2,(H,23,29)(H,26,27). The van der Waals surface area contributed by atoms with Crippen LogP contribution in [0, 0.1) is 11.6 Å². The highest BCUT2D eigenvalue weighted by atomic mass is 19.1. The van der Waals surface area contributed by atoms with Gasteiger partial charge in [0, 0.05) is 31.4 Å². The van der Waals surface area contributed by atoms with Gasteiger partial charge < -0.3 is 20.2 Å². The molecule has 0 saturated carbocycles. The van der Waals surface area contributed by atoms with Gasteiger partial charge in [-0.05, 0) is 29.8 Å². The maximum atomic E-state index is 13.4. The molecule has 1 saturated heterocycles. The molecule has 0 radical (unpaired) electrons. The smallest absolute Gasteiger partial charge is 0.322 e. The molecule has 1 heterocycles. The Kier molecular flexibility index (Phi) is 6.06. The van der Waals surface area contributed by atoms with E-state index in [0.29, 0.717) is 5.69 Å². The van der Waals surface area contributed by atoms with Crippen LogP contribution >= 0.6 is 0 Å². The van der Waals surface area contributed by atoms with E-state index in [-0.39, 0.29) is 25.2 Å². The lowest BCUT2D eigenvalue weighted by Crippen LogP contribution is -2.59. The summed E-state index contributed by atoms with van der Waals surface area (Å²) in [4.78, 5) is 39.2. The van der Waals surface area contributed by atoms with Crippen molar-refractivity contribution in [1.29, 1.82) is 0 Å². The van der Waals surface area contributed by atoms with E-state index in [0.717, 1.165) is 18.2 Å². The number of hydrogen-bond donors (Lipinski definition) is 2. The van der Waals surface area contributed by atoms with Gasteiger partial charge in [0.05, 0.1) is 6.42 Å². The summed E-state index contributed by atoms with van der Waals surface area (Å²) in [7, 11) is 0. The van der Waals surface area contributed by atoms with Gasteiger partial charge in [0.25, 0.3) is 0 Å². The summed E-state index contributed by atoms with van der Waals surface area (Å²) >= 11 is 0. The summed E-state index contributed by atoms with van der Waals surface area (Å²) in [5.74, 6) is -3.36. The van der Waals surface area contributed by atoms with Crippen LogP contribution in [0.1, 0.15) is 12.0 Å². The van der Waals surface area contributed by atoms with Gasteiger partial charge in [-0.25, -0.2) is 13.6 Å². The molecular formula is C20H19F2N3O4. The molecule has 1 aliphatic rings. The molecule has 0 aliphatic carbocycles. The van der Waals surface area contributed by atoms with Crippen LogP contribution in [0.15, 0.2) is 48.5 Å². The lowest BCUT2D eigenvalue weighted by molar-refractivity contribution is -0.147. The number of benzene rings is 2. The fourth-order valence-corrected chi connectivity index (χ4v) is 3.24. The molecule has 0 aromatic heterocycles. The summed E-state index contributed by atoms with van der Waals surface area (Å²) in [5, 5.41) is 11.8. The summed E-state index contributed by atoms with van der Waals surface area (Å²) < 4.78 is 26.8. The van der Waals surface area contributed by atoms with Crippen LogP contribution in [0.2, 0.25) is 0 Å². The molecule has 7 nitrogen and oxygen atoms in total. The number of carboxylic acid groups (broad SMARTS) is 1. The molecule has 9 heteroatoms. The molecule has 2 aromatic rings. The van der Waals surface area contributed by atoms with Gasteiger partial charge in [0.15, 0.2) is 0 Å². The lowest BCUT2D eigenvalue weighted by Gasteiger charge is -2.40. The average Bonchev–Trinajstić information content (AvgIpc) is 2.64. The largest absolute Gasteiger partial charge is 0.481 e. The van der Waals surface area contributed by atoms with E-state index in [1.165, 1.54) is 9.80 Å². The number of aliphatic carboxylic acids is 1. The number of para-hydroxylation sites is 1. The predicted octanol–water partition coefficient (Wildman–Crippen LogP) is 2.68. The van der Waals surface area contributed by atoms with Crippen molar-refractivity contribution >= 4 is 23.6 Å². The first-order valence-electron chi connectivity index (χ1n) is 8.91. The molecule has 3 rings (SSSR count). The number of carbonyl (C=O) groups excluding carboxylic acids is 2. The number of anilines is 1. The number of rotatable bonds is 5. The third kappa shape index (κ3) is 5.07. The van der Waals surface area contributed by atoms with Crippen LogP contribution in [-0.4, -0.2) is 51.9 Å². The number of carboxylic acids is 1. The second kappa shape index (κ2) is 8.68. The van der Waals surface area contributed by atoms with E-state index < -0.39 is 42.0 Å². The zero-order valence-electron chi connectivity index (χ0n) is 15.3. The Bertz CT molecular complexity index is 903. The summed E-state index contributed by atoms with van der Waals surface area (Å²) in [5.41, 5.74) is 0.754. The van der Waals surface area contributed by atoms with E-state index >= 15 is 0 Å². The monoisotopic (exact) mass is 403 g/mol. The van der Waals surface area contributed by atoms with E-state index in [9.17, 15) is 28.3 Å². The topological polar surface area (TPSA) is 90.0 Å². The molecule has 2 N–H and O–H groups in total. The van der Waals surface area contributed by atoms with Gasteiger partial charge in [-0.3, -0.25) is 9.59 Å². The van der Waals surface area contributed by atoms with E-state index in [2.05, 4.69) is 5.32 Å². The first-order valence-corrected chi connectivity index (χ1v) is 8.91. The summed E-state index contributed by atoms with van der Waals surface area (Å²) in [6, 6.07) is 9.70. The van der Waals surface area contributed by atoms with Crippen LogP contribution in [0.4, 0.5) is 19.3 Å². The van der Waals surface area contributed by atoms with Gasteiger partial charge in [-0.15, -0.1) is 0 Å². The third-order valence-corrected chi connectivity index (χ3v) is 4.53. The number of hydrogen-bond acceptors (Lipinski definition) is 3. The molecule has 0 bridgehead atoms. The first kappa shape index (κ1) is 20.2. The van der Waals surface area contributed by atoms with Crippen molar-refractivity contribution in [3.8, 4) is 0 Å². The van der Waals surface area contributed by atoms with E-state index in [1.54, 1.807) is 30.3 Å². The molecular weight excluding hydrogens is 384 g/mol. The normalized spacial score (nSPS) is 16.6. The maximum Gasteiger partial charge on any atom is 0.322 e. The molecule has 0 spiro atoms. The number of carbonyl (C=O) groups is 3. The molecule has 3 amide bonds. The second-order valence-electron chi connectivity index (χ2n) is 6.64. The molecule has 152 valence electrons. The average molecular weight is 403 g/mol. The van der Waals surface area contributed by atoms with Gasteiger partial charge in [0.1, 0.15) is 17.7 Å². The minimum Gasteiger partial charge on any atom is -0.481 e. The Morgan fingerprint density at radius 1 is 1.07 bits per heavy atom. The van der Waals surface area contributed by atoms with Crippen LogP contribution in [0.25, 0.3) is 0 Å². The molecule has 1 aliphatic heterocycles. The Morgan fingerprint density at radius 2 is 1.72 bits per heavy atom. The third-order valence-electron chi connectivity index (χ3n) is 4.53. The van der Waals surface area contributed by atoms with Crippen molar-refractivity contribution in [2.45, 2.75) is 19.0 Å². The quantitative estimate of drug-likeness (QED) is 0.803. The predicted molar refractivity (Wildman–Crippen MR) is 100.0 cm³/mol. The Morgan fingerprint density at radius 3 is 2.34 bits per heavy atom. The number of nitrogens with zero attached hydrogens (tertiary/aromatic N) is 2. The first-order chi connectivity index (χ1) is 13.8. The molecule has 1 unspecified atom stereocenters. The van der Waals surface area contributed by atoms with Crippen LogP contribution in [-0.2, 0) is 16.1 Å². The fourth-order valence-electron chi connectivity index (χ4n) is 3.24. The zero-order chi connectivity index (χ0) is 21.0. The Hall–Kier alpha value is -3.49. The van der Waals surface area contributed by atoms with Crippen molar-refractivity contribution in [2.24, 2.45) is 0 Å². The SMILES string of the molecule is O=C(O)CC1C(=O)N(Cc2cc(F)cc(F)c2)CCN1C(=O)Nc1ccccc1. The maximum absolute atomic E-state index is 13.4. The fraction of sp³-hybridized carbons (Fsp3) is 0.250. The minimum absolute atomic E-state index is 0.0835. The number of urea groups is 1. The number of nitrogens with one attached hydrogen (secondary N) is 1. The molecule has 29 heavy (non-hydrogen) atoms. The van der Waals surface area contributed by atoms with Gasteiger partial charge in [-0.1, -0.05) is 18.2 Å². The van der Waals surface area contributed by atoms with Gasteiger partial charge in [-0.2, -0.15) is 0 Å². The summed E-state index contributed by atoms with van der Waals surface area (Å²) in [6.45, 7) is 0.104. The van der Waals surface area contributed by atoms with Crippen molar-refractivity contribution in [1.82, 2.24) is 9.80 Å². The molecule has 1 atom stereocenters. The van der Waals surface area contributed by atoms with Crippen molar-refractivity contribution < 1.29 is 28.3 Å². The highest BCUT2D eigenvalue weighted by Crippen LogP contribution is 2.20. The Labute approximate surface area is 165 Å². The van der Waals surface area contributed by atoms with Crippen LogP contribution in [0.5, 0.6) is 0 Å². The highest BCUT2D eigenvalue weighted by molar-refractivity contribution is 5.96. The van der Waals surface area contributed by atoms with Crippen molar-refractivity contribution in [3.63, 3.8) is 0 Å². The van der Waals surface area contributed by atoms with Crippen molar-refractivity contribution in [3.05, 3.63) is 65.7 Å². The second-order valence-corrected chi connectivity index (χ2v) is 6.64. The molecule has 1 fully saturated rings. The zero-order valence-corrected chi connectivity index (χ0v) is 15.3. The van der Waals surface area contributed by atoms with E-state index in [1.807, 2.05) is 0 Å². The minimum atomic E-state index is -1.24. The summed E-state index contributed by atoms with van der Waals surface area (Å²) in [6.07, 6.45) is -0.574. The van der Waals surface area contributed by atoms with E-state index in [4.69, 9.17) is 0 Å². The van der Waals surface area contributed by atoms with Crippen LogP contribution < -0.4 is 5.32 Å². The van der Waals surface area contributed by atoms with Gasteiger partial charge in [0.2, 0.25) is 5.91 Å². The highest BCUT2D eigenvalue weighted by Gasteiger charge is 2.38. The molecule has 2 aromatic carbocycles. The van der Waals surface area contributed by atoms with Gasteiger partial charge >= 0.3 is 12.0 Å². The number of amides is 3. The number of piperazine rings is 1. The Balaban J connectivity index is 1.76. The van der Waals surface area contributed by atoms with Crippen molar-refractivity contribution in [2.75, 3.05) is 18.4 Å².